The molecule has 2 aliphatic heterocycles. The quantitative estimate of drug-likeness (QED) is 0.700. The summed E-state index contributed by atoms with van der Waals surface area (Å²) in [6.45, 7) is 7.97. The number of aryl methyl sites for hydroxylation is 1. The lowest BCUT2D eigenvalue weighted by Gasteiger charge is -2.34. The third-order valence-corrected chi connectivity index (χ3v) is 5.98. The molecule has 3 heterocycles. The predicted octanol–water partition coefficient (Wildman–Crippen LogP) is 2.12. The summed E-state index contributed by atoms with van der Waals surface area (Å²) in [5.74, 6) is 0.541. The van der Waals surface area contributed by atoms with Crippen molar-refractivity contribution in [3.05, 3.63) is 11.8 Å². The Hall–Kier alpha value is -1.93. The number of carbonyl (C=O) groups excluding carboxylic acids is 2. The van der Waals surface area contributed by atoms with E-state index in [1.807, 2.05) is 0 Å². The SMILES string of the molecule is CCOC(=O)c1cnn(C)c1NC(=O)CN1CCC(CN2CCCCCC2)CC1. The fourth-order valence-corrected chi connectivity index (χ4v) is 4.33. The summed E-state index contributed by atoms with van der Waals surface area (Å²) in [5, 5.41) is 6.91. The molecule has 0 aliphatic carbocycles. The molecule has 0 saturated carbocycles. The molecule has 29 heavy (non-hydrogen) atoms. The zero-order valence-corrected chi connectivity index (χ0v) is 17.9. The Morgan fingerprint density at radius 2 is 1.79 bits per heavy atom. The van der Waals surface area contributed by atoms with Gasteiger partial charge in [0.2, 0.25) is 5.91 Å². The number of rotatable bonds is 7. The van der Waals surface area contributed by atoms with E-state index in [0.29, 0.717) is 17.9 Å². The molecule has 3 rings (SSSR count). The van der Waals surface area contributed by atoms with E-state index in [-0.39, 0.29) is 12.5 Å². The molecule has 162 valence electrons. The Morgan fingerprint density at radius 3 is 2.45 bits per heavy atom. The van der Waals surface area contributed by atoms with Crippen molar-refractivity contribution in [3.8, 4) is 0 Å². The Kier molecular flexibility index (Phi) is 8.06. The maximum absolute atomic E-state index is 12.5. The number of hydrogen-bond donors (Lipinski definition) is 1. The minimum Gasteiger partial charge on any atom is -0.462 e. The van der Waals surface area contributed by atoms with E-state index in [1.165, 1.54) is 56.2 Å². The van der Waals surface area contributed by atoms with Crippen LogP contribution in [0.4, 0.5) is 5.82 Å². The standard InChI is InChI=1S/C21H35N5O3/c1-3-29-21(28)18-14-22-24(2)20(18)23-19(27)16-26-12-8-17(9-13-26)15-25-10-6-4-5-7-11-25/h14,17H,3-13,15-16H2,1-2H3,(H,23,27). The number of nitrogens with zero attached hydrogens (tertiary/aromatic N) is 4. The highest BCUT2D eigenvalue weighted by Crippen LogP contribution is 2.21. The smallest absolute Gasteiger partial charge is 0.343 e. The monoisotopic (exact) mass is 405 g/mol. The average molecular weight is 406 g/mol. The molecule has 1 aromatic rings. The van der Waals surface area contributed by atoms with E-state index in [1.54, 1.807) is 14.0 Å². The molecule has 0 aromatic carbocycles. The number of likely N-dealkylation sites (tertiary alicyclic amines) is 2. The van der Waals surface area contributed by atoms with Gasteiger partial charge in [0, 0.05) is 13.6 Å². The molecule has 2 fully saturated rings. The molecule has 0 unspecified atom stereocenters. The van der Waals surface area contributed by atoms with Crippen molar-refractivity contribution >= 4 is 17.7 Å². The molecule has 1 aromatic heterocycles. The van der Waals surface area contributed by atoms with Gasteiger partial charge in [-0.3, -0.25) is 14.4 Å². The normalized spacial score (nSPS) is 19.7. The number of anilines is 1. The van der Waals surface area contributed by atoms with Gasteiger partial charge in [0.05, 0.1) is 19.3 Å². The first-order chi connectivity index (χ1) is 14.1. The molecule has 2 aliphatic rings. The maximum atomic E-state index is 12.5. The number of carbonyl (C=O) groups is 2. The summed E-state index contributed by atoms with van der Waals surface area (Å²) in [7, 11) is 1.70. The van der Waals surface area contributed by atoms with Gasteiger partial charge in [0.15, 0.2) is 0 Å². The molecule has 1 N–H and O–H groups in total. The molecular weight excluding hydrogens is 370 g/mol. The average Bonchev–Trinajstić information content (AvgIpc) is 2.90. The summed E-state index contributed by atoms with van der Waals surface area (Å²) in [5.41, 5.74) is 0.291. The van der Waals surface area contributed by atoms with E-state index in [9.17, 15) is 9.59 Å². The largest absolute Gasteiger partial charge is 0.462 e. The number of piperidine rings is 1. The van der Waals surface area contributed by atoms with Crippen LogP contribution in [0.2, 0.25) is 0 Å². The summed E-state index contributed by atoms with van der Waals surface area (Å²) >= 11 is 0. The van der Waals surface area contributed by atoms with Crippen LogP contribution in [-0.2, 0) is 16.6 Å². The van der Waals surface area contributed by atoms with Crippen LogP contribution in [-0.4, -0.2) is 77.3 Å². The number of aromatic nitrogens is 2. The van der Waals surface area contributed by atoms with Crippen molar-refractivity contribution in [1.82, 2.24) is 19.6 Å². The molecule has 0 spiro atoms. The first kappa shape index (κ1) is 21.8. The fourth-order valence-electron chi connectivity index (χ4n) is 4.33. The number of hydrogen-bond acceptors (Lipinski definition) is 6. The van der Waals surface area contributed by atoms with Crippen LogP contribution in [0.25, 0.3) is 0 Å². The van der Waals surface area contributed by atoms with Gasteiger partial charge in [0.1, 0.15) is 11.4 Å². The van der Waals surface area contributed by atoms with Crippen LogP contribution in [0.3, 0.4) is 0 Å². The molecule has 0 radical (unpaired) electrons. The van der Waals surface area contributed by atoms with Crippen molar-refractivity contribution in [2.45, 2.75) is 45.4 Å². The van der Waals surface area contributed by atoms with Crippen LogP contribution < -0.4 is 5.32 Å². The van der Waals surface area contributed by atoms with Crippen LogP contribution in [0, 0.1) is 5.92 Å². The molecule has 0 atom stereocenters. The molecule has 0 bridgehead atoms. The fraction of sp³-hybridized carbons (Fsp3) is 0.762. The lowest BCUT2D eigenvalue weighted by molar-refractivity contribution is -0.117. The zero-order chi connectivity index (χ0) is 20.6. The van der Waals surface area contributed by atoms with Crippen molar-refractivity contribution < 1.29 is 14.3 Å². The second kappa shape index (κ2) is 10.7. The van der Waals surface area contributed by atoms with Gasteiger partial charge in [-0.1, -0.05) is 12.8 Å². The van der Waals surface area contributed by atoms with Crippen LogP contribution >= 0.6 is 0 Å². The van der Waals surface area contributed by atoms with Crippen molar-refractivity contribution in [3.63, 3.8) is 0 Å². The van der Waals surface area contributed by atoms with Gasteiger partial charge in [-0.05, 0) is 64.7 Å². The third kappa shape index (κ3) is 6.27. The second-order valence-corrected chi connectivity index (χ2v) is 8.23. The van der Waals surface area contributed by atoms with Gasteiger partial charge in [-0.25, -0.2) is 4.79 Å². The van der Waals surface area contributed by atoms with Crippen molar-refractivity contribution in [2.75, 3.05) is 51.2 Å². The van der Waals surface area contributed by atoms with E-state index >= 15 is 0 Å². The second-order valence-electron chi connectivity index (χ2n) is 8.23. The highest BCUT2D eigenvalue weighted by molar-refractivity contribution is 6.00. The van der Waals surface area contributed by atoms with Gasteiger partial charge >= 0.3 is 5.97 Å². The number of amides is 1. The Labute approximate surface area is 173 Å². The highest BCUT2D eigenvalue weighted by Gasteiger charge is 2.24. The number of nitrogens with one attached hydrogen (secondary N) is 1. The molecule has 8 nitrogen and oxygen atoms in total. The van der Waals surface area contributed by atoms with Crippen molar-refractivity contribution in [2.24, 2.45) is 13.0 Å². The Bertz CT molecular complexity index is 674. The van der Waals surface area contributed by atoms with Crippen LogP contribution in [0.1, 0.15) is 55.8 Å². The molecular formula is C21H35N5O3. The van der Waals surface area contributed by atoms with E-state index in [2.05, 4.69) is 20.2 Å². The van der Waals surface area contributed by atoms with E-state index in [4.69, 9.17) is 4.74 Å². The highest BCUT2D eigenvalue weighted by atomic mass is 16.5. The van der Waals surface area contributed by atoms with Crippen molar-refractivity contribution in [1.29, 1.82) is 0 Å². The predicted molar refractivity (Wildman–Crippen MR) is 112 cm³/mol. The summed E-state index contributed by atoms with van der Waals surface area (Å²) in [6, 6.07) is 0. The Balaban J connectivity index is 1.44. The minimum atomic E-state index is -0.467. The van der Waals surface area contributed by atoms with Gasteiger partial charge in [0.25, 0.3) is 0 Å². The summed E-state index contributed by atoms with van der Waals surface area (Å²) < 4.78 is 6.54. The van der Waals surface area contributed by atoms with Crippen LogP contribution in [0.5, 0.6) is 0 Å². The number of ether oxygens (including phenoxy) is 1. The third-order valence-electron chi connectivity index (χ3n) is 5.98. The Morgan fingerprint density at radius 1 is 1.10 bits per heavy atom. The topological polar surface area (TPSA) is 79.7 Å². The minimum absolute atomic E-state index is 0.120. The van der Waals surface area contributed by atoms with Gasteiger partial charge in [-0.2, -0.15) is 5.10 Å². The first-order valence-corrected chi connectivity index (χ1v) is 11.0. The van der Waals surface area contributed by atoms with E-state index < -0.39 is 5.97 Å². The summed E-state index contributed by atoms with van der Waals surface area (Å²) in [6.07, 6.45) is 9.13. The summed E-state index contributed by atoms with van der Waals surface area (Å²) in [4.78, 5) is 29.4. The van der Waals surface area contributed by atoms with Gasteiger partial charge < -0.3 is 15.0 Å². The molecule has 8 heteroatoms. The van der Waals surface area contributed by atoms with E-state index in [0.717, 1.165) is 31.8 Å². The lowest BCUT2D eigenvalue weighted by atomic mass is 9.96. The lowest BCUT2D eigenvalue weighted by Crippen LogP contribution is -2.42. The molecule has 1 amide bonds. The first-order valence-electron chi connectivity index (χ1n) is 11.0. The number of esters is 1. The van der Waals surface area contributed by atoms with Gasteiger partial charge in [-0.15, -0.1) is 0 Å². The zero-order valence-electron chi connectivity index (χ0n) is 17.9. The van der Waals surface area contributed by atoms with Crippen LogP contribution in [0.15, 0.2) is 6.20 Å². The molecule has 2 saturated heterocycles. The maximum Gasteiger partial charge on any atom is 0.343 e.